The average molecular weight is 276 g/mol. The quantitative estimate of drug-likeness (QED) is 0.513. The molecule has 1 aromatic heterocycles. The molecule has 106 valence electrons. The number of pyridine rings is 1. The van der Waals surface area contributed by atoms with Crippen molar-refractivity contribution < 1.29 is 19.1 Å². The zero-order valence-corrected chi connectivity index (χ0v) is 11.6. The van der Waals surface area contributed by atoms with E-state index < -0.39 is 17.7 Å². The van der Waals surface area contributed by atoms with Crippen molar-refractivity contribution in [3.8, 4) is 0 Å². The van der Waals surface area contributed by atoms with E-state index >= 15 is 0 Å². The monoisotopic (exact) mass is 276 g/mol. The summed E-state index contributed by atoms with van der Waals surface area (Å²) in [7, 11) is 0. The number of hydrogen-bond donors (Lipinski definition) is 1. The number of carbonyl (C=O) groups excluding carboxylic acids is 2. The van der Waals surface area contributed by atoms with Crippen LogP contribution in [0, 0.1) is 6.92 Å². The zero-order chi connectivity index (χ0) is 14.8. The molecule has 2 heterocycles. The maximum absolute atomic E-state index is 11.7. The predicted octanol–water partition coefficient (Wildman–Crippen LogP) is 1.56. The van der Waals surface area contributed by atoms with E-state index in [1.165, 1.54) is 19.9 Å². The Balaban J connectivity index is 2.03. The van der Waals surface area contributed by atoms with E-state index in [9.17, 15) is 9.59 Å². The predicted molar refractivity (Wildman–Crippen MR) is 71.8 cm³/mol. The number of aromatic nitrogens is 1. The van der Waals surface area contributed by atoms with Crippen molar-refractivity contribution in [2.75, 3.05) is 11.9 Å². The highest BCUT2D eigenvalue weighted by atomic mass is 16.7. The highest BCUT2D eigenvalue weighted by Gasteiger charge is 2.38. The SMILES string of the molecule is Cc1ccncc1NCC=C1C(=O)OC(C)(C)OC1=O. The van der Waals surface area contributed by atoms with Crippen LogP contribution in [0.3, 0.4) is 0 Å². The molecular weight excluding hydrogens is 260 g/mol. The minimum atomic E-state index is -1.21. The summed E-state index contributed by atoms with van der Waals surface area (Å²) in [5.74, 6) is -2.55. The lowest BCUT2D eigenvalue weighted by Crippen LogP contribution is -2.42. The van der Waals surface area contributed by atoms with Gasteiger partial charge in [0.2, 0.25) is 0 Å². The summed E-state index contributed by atoms with van der Waals surface area (Å²) in [6.07, 6.45) is 4.82. The Hall–Kier alpha value is -2.37. The second kappa shape index (κ2) is 5.32. The molecule has 0 unspecified atom stereocenters. The molecule has 1 fully saturated rings. The van der Waals surface area contributed by atoms with Crippen molar-refractivity contribution in [1.82, 2.24) is 4.98 Å². The number of carbonyl (C=O) groups is 2. The van der Waals surface area contributed by atoms with Crippen LogP contribution < -0.4 is 5.32 Å². The molecule has 1 aliphatic heterocycles. The van der Waals surface area contributed by atoms with Crippen molar-refractivity contribution in [2.24, 2.45) is 0 Å². The molecule has 20 heavy (non-hydrogen) atoms. The molecule has 0 aromatic carbocycles. The smallest absolute Gasteiger partial charge is 0.348 e. The van der Waals surface area contributed by atoms with Crippen molar-refractivity contribution in [1.29, 1.82) is 0 Å². The van der Waals surface area contributed by atoms with Crippen LogP contribution in [0.1, 0.15) is 19.4 Å². The highest BCUT2D eigenvalue weighted by molar-refractivity contribution is 6.15. The third kappa shape index (κ3) is 3.14. The first-order valence-electron chi connectivity index (χ1n) is 6.20. The summed E-state index contributed by atoms with van der Waals surface area (Å²) < 4.78 is 9.99. The highest BCUT2D eigenvalue weighted by Crippen LogP contribution is 2.22. The Morgan fingerprint density at radius 2 is 1.95 bits per heavy atom. The van der Waals surface area contributed by atoms with Crippen molar-refractivity contribution >= 4 is 17.6 Å². The van der Waals surface area contributed by atoms with Gasteiger partial charge in [-0.15, -0.1) is 0 Å². The molecular formula is C14H16N2O4. The van der Waals surface area contributed by atoms with Gasteiger partial charge in [-0.2, -0.15) is 0 Å². The van der Waals surface area contributed by atoms with Crippen LogP contribution in [-0.4, -0.2) is 29.3 Å². The van der Waals surface area contributed by atoms with Crippen LogP contribution in [0.5, 0.6) is 0 Å². The number of anilines is 1. The molecule has 0 amide bonds. The lowest BCUT2D eigenvalue weighted by atomic mass is 10.2. The van der Waals surface area contributed by atoms with Crippen LogP contribution >= 0.6 is 0 Å². The van der Waals surface area contributed by atoms with Crippen molar-refractivity contribution in [2.45, 2.75) is 26.6 Å². The standard InChI is InChI=1S/C14H16N2O4/c1-9-4-6-15-8-11(9)16-7-5-10-12(17)19-14(2,3)20-13(10)18/h4-6,8,16H,7H2,1-3H3. The number of nitrogens with one attached hydrogen (secondary N) is 1. The van der Waals surface area contributed by atoms with Crippen molar-refractivity contribution in [3.63, 3.8) is 0 Å². The molecule has 0 aliphatic carbocycles. The topological polar surface area (TPSA) is 77.5 Å². The minimum absolute atomic E-state index is 0.0987. The second-order valence-electron chi connectivity index (χ2n) is 4.87. The van der Waals surface area contributed by atoms with Gasteiger partial charge in [0.1, 0.15) is 5.57 Å². The summed E-state index contributed by atoms with van der Waals surface area (Å²) >= 11 is 0. The second-order valence-corrected chi connectivity index (χ2v) is 4.87. The fourth-order valence-electron chi connectivity index (χ4n) is 1.74. The Labute approximate surface area is 116 Å². The Bertz CT molecular complexity index is 556. The fraction of sp³-hybridized carbons (Fsp3) is 0.357. The number of aryl methyl sites for hydroxylation is 1. The lowest BCUT2D eigenvalue weighted by Gasteiger charge is -2.29. The number of rotatable bonds is 3. The molecule has 0 radical (unpaired) electrons. The van der Waals surface area contributed by atoms with E-state index in [0.717, 1.165) is 11.3 Å². The number of cyclic esters (lactones) is 2. The molecule has 1 aliphatic rings. The third-order valence-electron chi connectivity index (χ3n) is 2.75. The molecule has 2 rings (SSSR count). The maximum atomic E-state index is 11.7. The van der Waals surface area contributed by atoms with Crippen molar-refractivity contribution in [3.05, 3.63) is 35.7 Å². The average Bonchev–Trinajstić information content (AvgIpc) is 2.33. The van der Waals surface area contributed by atoms with E-state index in [-0.39, 0.29) is 5.57 Å². The summed E-state index contributed by atoms with van der Waals surface area (Å²) in [4.78, 5) is 27.4. The van der Waals surface area contributed by atoms with E-state index in [0.29, 0.717) is 6.54 Å². The van der Waals surface area contributed by atoms with Gasteiger partial charge in [0.25, 0.3) is 5.79 Å². The van der Waals surface area contributed by atoms with Crippen LogP contribution in [-0.2, 0) is 19.1 Å². The van der Waals surface area contributed by atoms with Crippen LogP contribution in [0.15, 0.2) is 30.1 Å². The Morgan fingerprint density at radius 1 is 1.30 bits per heavy atom. The van der Waals surface area contributed by atoms with Gasteiger partial charge in [0.05, 0.1) is 11.9 Å². The lowest BCUT2D eigenvalue weighted by molar-refractivity contribution is -0.222. The molecule has 1 N–H and O–H groups in total. The normalized spacial score (nSPS) is 17.2. The molecule has 6 nitrogen and oxygen atoms in total. The summed E-state index contributed by atoms with van der Waals surface area (Å²) in [6, 6.07) is 1.86. The minimum Gasteiger partial charge on any atom is -0.419 e. The van der Waals surface area contributed by atoms with Crippen LogP contribution in [0.4, 0.5) is 5.69 Å². The van der Waals surface area contributed by atoms with Gasteiger partial charge in [-0.1, -0.05) is 0 Å². The number of hydrogen-bond acceptors (Lipinski definition) is 6. The van der Waals surface area contributed by atoms with Gasteiger partial charge in [0.15, 0.2) is 0 Å². The molecule has 1 saturated heterocycles. The van der Waals surface area contributed by atoms with Gasteiger partial charge in [0, 0.05) is 26.6 Å². The largest absolute Gasteiger partial charge is 0.419 e. The van der Waals surface area contributed by atoms with Gasteiger partial charge < -0.3 is 14.8 Å². The summed E-state index contributed by atoms with van der Waals surface area (Å²) in [5, 5.41) is 3.07. The molecule has 0 atom stereocenters. The first-order chi connectivity index (χ1) is 9.39. The van der Waals surface area contributed by atoms with E-state index in [1.54, 1.807) is 12.4 Å². The molecule has 0 bridgehead atoms. The summed E-state index contributed by atoms with van der Waals surface area (Å²) in [6.45, 7) is 5.25. The van der Waals surface area contributed by atoms with Gasteiger partial charge >= 0.3 is 11.9 Å². The number of nitrogens with zero attached hydrogens (tertiary/aromatic N) is 1. The molecule has 0 spiro atoms. The number of ether oxygens (including phenoxy) is 2. The molecule has 1 aromatic rings. The van der Waals surface area contributed by atoms with E-state index in [4.69, 9.17) is 9.47 Å². The van der Waals surface area contributed by atoms with Crippen LogP contribution in [0.2, 0.25) is 0 Å². The molecule has 6 heteroatoms. The first-order valence-corrected chi connectivity index (χ1v) is 6.20. The summed E-state index contributed by atoms with van der Waals surface area (Å²) in [5.41, 5.74) is 1.76. The maximum Gasteiger partial charge on any atom is 0.348 e. The van der Waals surface area contributed by atoms with E-state index in [2.05, 4.69) is 10.3 Å². The van der Waals surface area contributed by atoms with Gasteiger partial charge in [-0.3, -0.25) is 4.98 Å². The van der Waals surface area contributed by atoms with Gasteiger partial charge in [-0.05, 0) is 24.6 Å². The Morgan fingerprint density at radius 3 is 2.55 bits per heavy atom. The fourth-order valence-corrected chi connectivity index (χ4v) is 1.74. The van der Waals surface area contributed by atoms with E-state index in [1.807, 2.05) is 13.0 Å². The number of esters is 2. The Kier molecular flexibility index (Phi) is 3.74. The van der Waals surface area contributed by atoms with Crippen LogP contribution in [0.25, 0.3) is 0 Å². The molecule has 0 saturated carbocycles. The zero-order valence-electron chi connectivity index (χ0n) is 11.6. The first kappa shape index (κ1) is 14.0. The van der Waals surface area contributed by atoms with Gasteiger partial charge in [-0.25, -0.2) is 9.59 Å². The third-order valence-corrected chi connectivity index (χ3v) is 2.75.